The lowest BCUT2D eigenvalue weighted by molar-refractivity contribution is -0.121. The highest BCUT2D eigenvalue weighted by atomic mass is 79.9. The van der Waals surface area contributed by atoms with E-state index in [1.54, 1.807) is 12.2 Å². The predicted octanol–water partition coefficient (Wildman–Crippen LogP) is 4.01. The van der Waals surface area contributed by atoms with Gasteiger partial charge in [0.05, 0.1) is 10.2 Å². The number of unbranched alkanes of at least 4 members (excludes halogenated alkanes) is 1. The van der Waals surface area contributed by atoms with Crippen molar-refractivity contribution in [2.45, 2.75) is 46.0 Å². The zero-order valence-corrected chi connectivity index (χ0v) is 15.3. The molecule has 4 nitrogen and oxygen atoms in total. The Bertz CT molecular complexity index is 700. The van der Waals surface area contributed by atoms with Crippen LogP contribution in [0.15, 0.2) is 21.5 Å². The van der Waals surface area contributed by atoms with Crippen molar-refractivity contribution in [3.05, 3.63) is 43.9 Å². The number of halogens is 1. The number of carbonyl (C=O) groups is 1. The van der Waals surface area contributed by atoms with Crippen LogP contribution in [0, 0.1) is 5.92 Å². The van der Waals surface area contributed by atoms with Crippen molar-refractivity contribution in [1.29, 1.82) is 0 Å². The SMILES string of the molecule is C=Cc1c(/C=C(\C)NC(=O)C2CC2)[nH]c(=O)c(Br)c1CCCC. The first kappa shape index (κ1) is 17.7. The first-order valence-electron chi connectivity index (χ1n) is 8.04. The van der Waals surface area contributed by atoms with Gasteiger partial charge >= 0.3 is 0 Å². The van der Waals surface area contributed by atoms with Gasteiger partial charge in [0.2, 0.25) is 5.91 Å². The first-order chi connectivity index (χ1) is 11.0. The molecule has 5 heteroatoms. The average molecular weight is 379 g/mol. The third kappa shape index (κ3) is 4.44. The van der Waals surface area contributed by atoms with Crippen LogP contribution in [-0.2, 0) is 11.2 Å². The summed E-state index contributed by atoms with van der Waals surface area (Å²) in [5.41, 5.74) is 3.13. The number of allylic oxidation sites excluding steroid dienone is 1. The number of aromatic nitrogens is 1. The van der Waals surface area contributed by atoms with Crippen molar-refractivity contribution in [3.8, 4) is 0 Å². The topological polar surface area (TPSA) is 62.0 Å². The molecule has 1 aliphatic carbocycles. The molecule has 0 atom stereocenters. The Labute approximate surface area is 145 Å². The smallest absolute Gasteiger partial charge is 0.263 e. The summed E-state index contributed by atoms with van der Waals surface area (Å²) in [6, 6.07) is 0. The number of carbonyl (C=O) groups excluding carboxylic acids is 1. The monoisotopic (exact) mass is 378 g/mol. The van der Waals surface area contributed by atoms with E-state index in [9.17, 15) is 9.59 Å². The highest BCUT2D eigenvalue weighted by Crippen LogP contribution is 2.29. The van der Waals surface area contributed by atoms with E-state index in [2.05, 4.69) is 39.7 Å². The molecule has 2 rings (SSSR count). The van der Waals surface area contributed by atoms with Crippen molar-refractivity contribution in [2.24, 2.45) is 5.92 Å². The molecule has 1 saturated carbocycles. The van der Waals surface area contributed by atoms with Gasteiger partial charge in [0.15, 0.2) is 0 Å². The molecule has 1 fully saturated rings. The largest absolute Gasteiger partial charge is 0.330 e. The summed E-state index contributed by atoms with van der Waals surface area (Å²) >= 11 is 3.39. The molecule has 23 heavy (non-hydrogen) atoms. The van der Waals surface area contributed by atoms with Crippen LogP contribution in [-0.4, -0.2) is 10.9 Å². The van der Waals surface area contributed by atoms with E-state index in [1.165, 1.54) is 0 Å². The summed E-state index contributed by atoms with van der Waals surface area (Å²) in [6.07, 6.45) is 8.37. The van der Waals surface area contributed by atoms with Crippen LogP contribution in [0.2, 0.25) is 0 Å². The first-order valence-corrected chi connectivity index (χ1v) is 8.83. The molecule has 124 valence electrons. The Morgan fingerprint density at radius 3 is 2.74 bits per heavy atom. The molecule has 1 amide bonds. The molecular weight excluding hydrogens is 356 g/mol. The van der Waals surface area contributed by atoms with Crippen LogP contribution in [0.4, 0.5) is 0 Å². The fourth-order valence-electron chi connectivity index (χ4n) is 2.50. The molecule has 0 bridgehead atoms. The maximum absolute atomic E-state index is 12.2. The lowest BCUT2D eigenvalue weighted by Gasteiger charge is -2.12. The van der Waals surface area contributed by atoms with E-state index in [1.807, 2.05) is 6.92 Å². The van der Waals surface area contributed by atoms with Gasteiger partial charge in [-0.1, -0.05) is 26.0 Å². The van der Waals surface area contributed by atoms with Crippen LogP contribution in [0.3, 0.4) is 0 Å². The maximum Gasteiger partial charge on any atom is 0.263 e. The van der Waals surface area contributed by atoms with E-state index in [0.717, 1.165) is 48.9 Å². The number of hydrogen-bond donors (Lipinski definition) is 2. The van der Waals surface area contributed by atoms with Crippen molar-refractivity contribution >= 4 is 34.0 Å². The summed E-state index contributed by atoms with van der Waals surface area (Å²) in [6.45, 7) is 7.83. The van der Waals surface area contributed by atoms with Gasteiger partial charge in [0.25, 0.3) is 5.56 Å². The summed E-state index contributed by atoms with van der Waals surface area (Å²) in [5, 5.41) is 2.89. The van der Waals surface area contributed by atoms with Gasteiger partial charge in [0.1, 0.15) is 0 Å². The fourth-order valence-corrected chi connectivity index (χ4v) is 3.01. The molecule has 0 spiro atoms. The normalized spacial score (nSPS) is 14.7. The molecule has 0 radical (unpaired) electrons. The molecule has 0 unspecified atom stereocenters. The van der Waals surface area contributed by atoms with E-state index >= 15 is 0 Å². The Balaban J connectivity index is 2.36. The van der Waals surface area contributed by atoms with Gasteiger partial charge in [-0.2, -0.15) is 0 Å². The van der Waals surface area contributed by atoms with Gasteiger partial charge in [0, 0.05) is 17.2 Å². The van der Waals surface area contributed by atoms with Crippen LogP contribution >= 0.6 is 15.9 Å². The van der Waals surface area contributed by atoms with E-state index in [4.69, 9.17) is 0 Å². The zero-order chi connectivity index (χ0) is 17.0. The average Bonchev–Trinajstić information content (AvgIpc) is 3.33. The van der Waals surface area contributed by atoms with Gasteiger partial charge in [-0.05, 0) is 60.2 Å². The highest BCUT2D eigenvalue weighted by molar-refractivity contribution is 9.10. The molecule has 1 aliphatic rings. The summed E-state index contributed by atoms with van der Waals surface area (Å²) in [4.78, 5) is 26.9. The van der Waals surface area contributed by atoms with E-state index in [-0.39, 0.29) is 17.4 Å². The van der Waals surface area contributed by atoms with E-state index in [0.29, 0.717) is 10.2 Å². The highest BCUT2D eigenvalue weighted by Gasteiger charge is 2.29. The van der Waals surface area contributed by atoms with Gasteiger partial charge in [-0.3, -0.25) is 9.59 Å². The van der Waals surface area contributed by atoms with Crippen LogP contribution in [0.1, 0.15) is 56.4 Å². The molecule has 0 aromatic carbocycles. The minimum atomic E-state index is -0.158. The molecule has 0 aliphatic heterocycles. The van der Waals surface area contributed by atoms with Crippen molar-refractivity contribution < 1.29 is 4.79 Å². The Morgan fingerprint density at radius 2 is 2.17 bits per heavy atom. The number of rotatable bonds is 7. The number of H-pyrrole nitrogens is 1. The number of nitrogens with one attached hydrogen (secondary N) is 2. The van der Waals surface area contributed by atoms with Gasteiger partial charge in [-0.25, -0.2) is 0 Å². The van der Waals surface area contributed by atoms with Crippen molar-refractivity contribution in [2.75, 3.05) is 0 Å². The minimum Gasteiger partial charge on any atom is -0.330 e. The van der Waals surface area contributed by atoms with E-state index < -0.39 is 0 Å². The van der Waals surface area contributed by atoms with Crippen molar-refractivity contribution in [1.82, 2.24) is 10.3 Å². The second-order valence-corrected chi connectivity index (χ2v) is 6.77. The quantitative estimate of drug-likeness (QED) is 0.752. The number of hydrogen-bond acceptors (Lipinski definition) is 2. The van der Waals surface area contributed by atoms with Crippen LogP contribution < -0.4 is 10.9 Å². The lowest BCUT2D eigenvalue weighted by atomic mass is 10.0. The second-order valence-electron chi connectivity index (χ2n) is 5.97. The third-order valence-electron chi connectivity index (χ3n) is 3.94. The Kier molecular flexibility index (Phi) is 5.99. The molecule has 1 heterocycles. The standard InChI is InChI=1S/C18H23BrN2O2/c1-4-6-7-14-13(5-2)15(21-18(23)16(14)19)10-11(3)20-17(22)12-8-9-12/h5,10,12H,2,4,6-9H2,1,3H3,(H,20,22)(H,21,23)/b11-10+. The maximum atomic E-state index is 12.2. The molecular formula is C18H23BrN2O2. The Hall–Kier alpha value is -1.62. The Morgan fingerprint density at radius 1 is 1.48 bits per heavy atom. The lowest BCUT2D eigenvalue weighted by Crippen LogP contribution is -2.23. The number of amides is 1. The van der Waals surface area contributed by atoms with Crippen LogP contribution in [0.25, 0.3) is 12.2 Å². The molecule has 2 N–H and O–H groups in total. The summed E-state index contributed by atoms with van der Waals surface area (Å²) in [5.74, 6) is 0.214. The summed E-state index contributed by atoms with van der Waals surface area (Å²) < 4.78 is 0.567. The molecule has 1 aromatic rings. The third-order valence-corrected chi connectivity index (χ3v) is 4.78. The number of aromatic amines is 1. The molecule has 0 saturated heterocycles. The van der Waals surface area contributed by atoms with Gasteiger partial charge in [-0.15, -0.1) is 0 Å². The van der Waals surface area contributed by atoms with Crippen molar-refractivity contribution in [3.63, 3.8) is 0 Å². The predicted molar refractivity (Wildman–Crippen MR) is 98.0 cm³/mol. The van der Waals surface area contributed by atoms with Crippen LogP contribution in [0.5, 0.6) is 0 Å². The summed E-state index contributed by atoms with van der Waals surface area (Å²) in [7, 11) is 0. The molecule has 1 aromatic heterocycles. The second kappa shape index (κ2) is 7.77. The fraction of sp³-hybridized carbons (Fsp3) is 0.444. The number of pyridine rings is 1. The minimum absolute atomic E-state index is 0.0598. The van der Waals surface area contributed by atoms with Gasteiger partial charge < -0.3 is 10.3 Å². The zero-order valence-electron chi connectivity index (χ0n) is 13.7.